The maximum Gasteiger partial charge on any atom is 0.173 e. The summed E-state index contributed by atoms with van der Waals surface area (Å²) in [6.45, 7) is 0. The van der Waals surface area contributed by atoms with E-state index in [9.17, 15) is 4.79 Å². The molecule has 0 N–H and O–H groups in total. The Hall–Kier alpha value is -1.07. The first-order valence-corrected chi connectivity index (χ1v) is 5.71. The molecule has 2 rings (SSSR count). The molecule has 0 aliphatic heterocycles. The van der Waals surface area contributed by atoms with Crippen LogP contribution in [0.5, 0.6) is 0 Å². The lowest BCUT2D eigenvalue weighted by molar-refractivity contribution is 0.0988. The fraction of sp³-hybridized carbons (Fsp3) is 0.417. The number of carbonyl (C=O) groups is 1. The maximum absolute atomic E-state index is 11.6. The molecular weight excluding hydrogens is 192 g/mol. The van der Waals surface area contributed by atoms with Crippen molar-refractivity contribution in [2.75, 3.05) is 0 Å². The Bertz CT molecular complexity index is 373. The molecule has 1 aromatic heterocycles. The fourth-order valence-corrected chi connectivity index (χ4v) is 3.00. The quantitative estimate of drug-likeness (QED) is 0.546. The molecule has 1 aromatic rings. The molecule has 0 saturated carbocycles. The van der Waals surface area contributed by atoms with E-state index < -0.39 is 0 Å². The number of carbonyl (C=O) groups excluding carboxylic acids is 1. The number of hydrogen-bond acceptors (Lipinski definition) is 2. The van der Waals surface area contributed by atoms with Crippen molar-refractivity contribution in [3.8, 4) is 12.3 Å². The van der Waals surface area contributed by atoms with Crippen molar-refractivity contribution in [1.82, 2.24) is 0 Å². The van der Waals surface area contributed by atoms with Gasteiger partial charge in [-0.05, 0) is 30.9 Å². The van der Waals surface area contributed by atoms with Gasteiger partial charge in [0.25, 0.3) is 0 Å². The lowest BCUT2D eigenvalue weighted by Crippen LogP contribution is -1.94. The minimum absolute atomic E-state index is 0.211. The van der Waals surface area contributed by atoms with Gasteiger partial charge in [-0.25, -0.2) is 0 Å². The second-order valence-corrected chi connectivity index (χ2v) is 4.68. The van der Waals surface area contributed by atoms with Crippen LogP contribution in [0, 0.1) is 12.3 Å². The van der Waals surface area contributed by atoms with E-state index in [1.807, 2.05) is 0 Å². The Morgan fingerprint density at radius 1 is 1.57 bits per heavy atom. The summed E-state index contributed by atoms with van der Waals surface area (Å²) in [7, 11) is 0. The van der Waals surface area contributed by atoms with Crippen LogP contribution in [0.3, 0.4) is 0 Å². The van der Waals surface area contributed by atoms with Gasteiger partial charge in [0, 0.05) is 17.7 Å². The zero-order valence-electron chi connectivity index (χ0n) is 8.01. The van der Waals surface area contributed by atoms with Gasteiger partial charge in [-0.3, -0.25) is 4.79 Å². The molecule has 72 valence electrons. The zero-order chi connectivity index (χ0) is 9.97. The van der Waals surface area contributed by atoms with Crippen LogP contribution in [-0.4, -0.2) is 5.78 Å². The van der Waals surface area contributed by atoms with Crippen LogP contribution in [0.15, 0.2) is 6.07 Å². The Labute approximate surface area is 88.1 Å². The van der Waals surface area contributed by atoms with Crippen molar-refractivity contribution in [3.63, 3.8) is 0 Å². The number of Topliss-reactive ketones (excluding diaryl/α,β-unsaturated/α-hetero) is 1. The van der Waals surface area contributed by atoms with Gasteiger partial charge in [-0.2, -0.15) is 0 Å². The Balaban J connectivity index is 2.10. The van der Waals surface area contributed by atoms with Crippen LogP contribution in [0.2, 0.25) is 0 Å². The molecular formula is C12H12OS. The van der Waals surface area contributed by atoms with Crippen molar-refractivity contribution in [2.45, 2.75) is 32.1 Å². The van der Waals surface area contributed by atoms with Gasteiger partial charge in [-0.15, -0.1) is 23.7 Å². The summed E-state index contributed by atoms with van der Waals surface area (Å²) in [5, 5.41) is 0. The predicted molar refractivity (Wildman–Crippen MR) is 58.7 cm³/mol. The number of hydrogen-bond donors (Lipinski definition) is 0. The lowest BCUT2D eigenvalue weighted by Gasteiger charge is -1.92. The molecule has 1 heterocycles. The molecule has 1 nitrogen and oxygen atoms in total. The molecule has 0 aromatic carbocycles. The average Bonchev–Trinajstić information content (AvgIpc) is 2.72. The third kappa shape index (κ3) is 1.73. The first-order valence-electron chi connectivity index (χ1n) is 4.89. The van der Waals surface area contributed by atoms with Crippen molar-refractivity contribution >= 4 is 17.1 Å². The second-order valence-electron chi connectivity index (χ2n) is 3.54. The molecule has 0 atom stereocenters. The number of terminal acetylenes is 1. The van der Waals surface area contributed by atoms with Crippen LogP contribution >= 0.6 is 11.3 Å². The van der Waals surface area contributed by atoms with E-state index in [1.54, 1.807) is 11.3 Å². The minimum atomic E-state index is 0.211. The van der Waals surface area contributed by atoms with E-state index in [1.165, 1.54) is 16.9 Å². The molecule has 0 spiro atoms. The summed E-state index contributed by atoms with van der Waals surface area (Å²) in [6.07, 6.45) is 9.73. The predicted octanol–water partition coefficient (Wildman–Crippen LogP) is 2.83. The van der Waals surface area contributed by atoms with Crippen LogP contribution in [0.1, 0.15) is 39.4 Å². The maximum atomic E-state index is 11.6. The van der Waals surface area contributed by atoms with E-state index in [0.717, 1.165) is 17.7 Å². The summed E-state index contributed by atoms with van der Waals surface area (Å²) >= 11 is 1.66. The minimum Gasteiger partial charge on any atom is -0.293 e. The van der Waals surface area contributed by atoms with Gasteiger partial charge in [-0.1, -0.05) is 0 Å². The summed E-state index contributed by atoms with van der Waals surface area (Å²) in [6, 6.07) is 2.06. The molecule has 14 heavy (non-hydrogen) atoms. The van der Waals surface area contributed by atoms with Crippen molar-refractivity contribution in [1.29, 1.82) is 0 Å². The molecule has 0 saturated heterocycles. The van der Waals surface area contributed by atoms with E-state index in [-0.39, 0.29) is 5.78 Å². The van der Waals surface area contributed by atoms with Gasteiger partial charge in [0.2, 0.25) is 0 Å². The highest BCUT2D eigenvalue weighted by Crippen LogP contribution is 2.31. The molecule has 0 radical (unpaired) electrons. The smallest absolute Gasteiger partial charge is 0.173 e. The van der Waals surface area contributed by atoms with Crippen molar-refractivity contribution in [2.24, 2.45) is 0 Å². The normalized spacial score (nSPS) is 13.6. The van der Waals surface area contributed by atoms with Gasteiger partial charge < -0.3 is 0 Å². The number of aryl methyl sites for hydroxylation is 2. The van der Waals surface area contributed by atoms with Gasteiger partial charge in [0.15, 0.2) is 5.78 Å². The van der Waals surface area contributed by atoms with Crippen LogP contribution in [-0.2, 0) is 12.8 Å². The van der Waals surface area contributed by atoms with Gasteiger partial charge in [0.05, 0.1) is 4.88 Å². The third-order valence-corrected chi connectivity index (χ3v) is 3.80. The lowest BCUT2D eigenvalue weighted by atomic mass is 10.1. The highest BCUT2D eigenvalue weighted by atomic mass is 32.1. The van der Waals surface area contributed by atoms with Crippen molar-refractivity contribution < 1.29 is 4.79 Å². The zero-order valence-corrected chi connectivity index (χ0v) is 8.82. The second kappa shape index (κ2) is 3.98. The summed E-state index contributed by atoms with van der Waals surface area (Å²) in [5.41, 5.74) is 1.39. The number of thiophene rings is 1. The summed E-state index contributed by atoms with van der Waals surface area (Å²) in [4.78, 5) is 13.9. The summed E-state index contributed by atoms with van der Waals surface area (Å²) < 4.78 is 0. The van der Waals surface area contributed by atoms with E-state index in [4.69, 9.17) is 6.42 Å². The largest absolute Gasteiger partial charge is 0.293 e. The molecule has 1 aliphatic carbocycles. The topological polar surface area (TPSA) is 17.1 Å². The third-order valence-electron chi connectivity index (χ3n) is 2.52. The van der Waals surface area contributed by atoms with Crippen LogP contribution < -0.4 is 0 Å². The van der Waals surface area contributed by atoms with Gasteiger partial charge >= 0.3 is 0 Å². The standard InChI is InChI=1S/C12H12OS/c1-2-3-6-10(13)12-8-9-5-4-7-11(9)14-12/h1,8H,3-7H2. The number of fused-ring (bicyclic) bond motifs is 1. The molecule has 0 fully saturated rings. The summed E-state index contributed by atoms with van der Waals surface area (Å²) in [5.74, 6) is 2.71. The Morgan fingerprint density at radius 2 is 2.43 bits per heavy atom. The monoisotopic (exact) mass is 204 g/mol. The molecule has 0 bridgehead atoms. The molecule has 0 unspecified atom stereocenters. The molecule has 1 aliphatic rings. The molecule has 2 heteroatoms. The fourth-order valence-electron chi connectivity index (χ4n) is 1.78. The van der Waals surface area contributed by atoms with Gasteiger partial charge in [0.1, 0.15) is 0 Å². The van der Waals surface area contributed by atoms with Crippen LogP contribution in [0.25, 0.3) is 0 Å². The van der Waals surface area contributed by atoms with Crippen LogP contribution in [0.4, 0.5) is 0 Å². The van der Waals surface area contributed by atoms with E-state index >= 15 is 0 Å². The average molecular weight is 204 g/mol. The molecule has 0 amide bonds. The Kier molecular flexibility index (Phi) is 2.69. The highest BCUT2D eigenvalue weighted by molar-refractivity contribution is 7.14. The van der Waals surface area contributed by atoms with Crippen molar-refractivity contribution in [3.05, 3.63) is 21.4 Å². The number of ketones is 1. The highest BCUT2D eigenvalue weighted by Gasteiger charge is 2.17. The first kappa shape index (κ1) is 9.48. The Morgan fingerprint density at radius 3 is 3.14 bits per heavy atom. The SMILES string of the molecule is C#CCCC(=O)c1cc2c(s1)CCC2. The van der Waals surface area contributed by atoms with E-state index in [0.29, 0.717) is 12.8 Å². The van der Waals surface area contributed by atoms with E-state index in [2.05, 4.69) is 12.0 Å². The number of rotatable bonds is 3. The first-order chi connectivity index (χ1) is 6.81.